The first-order valence-corrected chi connectivity index (χ1v) is 6.83. The van der Waals surface area contributed by atoms with E-state index in [9.17, 15) is 9.59 Å². The fourth-order valence-corrected chi connectivity index (χ4v) is 2.16. The van der Waals surface area contributed by atoms with Gasteiger partial charge in [-0.05, 0) is 30.3 Å². The number of pyridine rings is 1. The molecule has 3 rings (SSSR count). The third kappa shape index (κ3) is 2.83. The Kier molecular flexibility index (Phi) is 3.61. The van der Waals surface area contributed by atoms with Crippen LogP contribution >= 0.6 is 0 Å². The van der Waals surface area contributed by atoms with Crippen molar-refractivity contribution in [1.82, 2.24) is 14.2 Å². The van der Waals surface area contributed by atoms with E-state index in [1.807, 2.05) is 0 Å². The molecule has 0 aliphatic heterocycles. The lowest BCUT2D eigenvalue weighted by atomic mass is 10.2. The summed E-state index contributed by atoms with van der Waals surface area (Å²) in [5, 5.41) is 6.91. The summed E-state index contributed by atoms with van der Waals surface area (Å²) < 4.78 is 2.73. The van der Waals surface area contributed by atoms with Crippen LogP contribution in [0.15, 0.2) is 53.5 Å². The third-order valence-corrected chi connectivity index (χ3v) is 3.21. The van der Waals surface area contributed by atoms with E-state index in [4.69, 9.17) is 5.73 Å². The number of anilines is 2. The van der Waals surface area contributed by atoms with Crippen LogP contribution in [0.1, 0.15) is 6.42 Å². The predicted octanol–water partition coefficient (Wildman–Crippen LogP) is 1.11. The van der Waals surface area contributed by atoms with E-state index in [0.29, 0.717) is 17.0 Å². The van der Waals surface area contributed by atoms with Crippen LogP contribution in [0.25, 0.3) is 5.65 Å². The second-order valence-electron chi connectivity index (χ2n) is 4.86. The first-order valence-electron chi connectivity index (χ1n) is 6.83. The Balaban J connectivity index is 1.67. The van der Waals surface area contributed by atoms with Gasteiger partial charge in [0.05, 0.1) is 6.54 Å². The highest BCUT2D eigenvalue weighted by Gasteiger charge is 2.08. The molecule has 0 saturated heterocycles. The van der Waals surface area contributed by atoms with Crippen molar-refractivity contribution in [3.8, 4) is 0 Å². The zero-order valence-corrected chi connectivity index (χ0v) is 11.8. The van der Waals surface area contributed by atoms with Crippen molar-refractivity contribution in [3.05, 3.63) is 59.1 Å². The van der Waals surface area contributed by atoms with Gasteiger partial charge in [-0.15, -0.1) is 5.10 Å². The second kappa shape index (κ2) is 5.72. The summed E-state index contributed by atoms with van der Waals surface area (Å²) in [7, 11) is 0. The third-order valence-electron chi connectivity index (χ3n) is 3.21. The molecule has 2 heterocycles. The van der Waals surface area contributed by atoms with E-state index < -0.39 is 0 Å². The molecule has 0 atom stereocenters. The van der Waals surface area contributed by atoms with E-state index in [1.165, 1.54) is 9.08 Å². The van der Waals surface area contributed by atoms with Crippen LogP contribution in [0.2, 0.25) is 0 Å². The van der Waals surface area contributed by atoms with Crippen molar-refractivity contribution in [2.24, 2.45) is 0 Å². The number of rotatable bonds is 4. The molecule has 3 aromatic rings. The smallest absolute Gasteiger partial charge is 0.350 e. The fraction of sp³-hybridized carbons (Fsp3) is 0.133. The molecule has 22 heavy (non-hydrogen) atoms. The van der Waals surface area contributed by atoms with Gasteiger partial charge in [-0.2, -0.15) is 0 Å². The highest BCUT2D eigenvalue weighted by atomic mass is 16.2. The Hall–Kier alpha value is -3.09. The van der Waals surface area contributed by atoms with Gasteiger partial charge in [0, 0.05) is 24.0 Å². The van der Waals surface area contributed by atoms with Crippen molar-refractivity contribution in [3.63, 3.8) is 0 Å². The monoisotopic (exact) mass is 297 g/mol. The van der Waals surface area contributed by atoms with Crippen molar-refractivity contribution < 1.29 is 4.79 Å². The summed E-state index contributed by atoms with van der Waals surface area (Å²) in [5.74, 6) is -0.199. The number of nitrogens with one attached hydrogen (secondary N) is 1. The van der Waals surface area contributed by atoms with E-state index in [0.717, 1.165) is 0 Å². The quantitative estimate of drug-likeness (QED) is 0.705. The number of benzene rings is 1. The zero-order valence-electron chi connectivity index (χ0n) is 11.8. The number of nitrogens with zero attached hydrogens (tertiary/aromatic N) is 3. The van der Waals surface area contributed by atoms with Crippen molar-refractivity contribution in [2.75, 3.05) is 11.1 Å². The maximum absolute atomic E-state index is 12.1. The van der Waals surface area contributed by atoms with Gasteiger partial charge in [-0.3, -0.25) is 9.20 Å². The highest BCUT2D eigenvalue weighted by Crippen LogP contribution is 2.11. The average Bonchev–Trinajstić information content (AvgIpc) is 2.82. The van der Waals surface area contributed by atoms with Crippen LogP contribution in [0.3, 0.4) is 0 Å². The van der Waals surface area contributed by atoms with Gasteiger partial charge in [-0.1, -0.05) is 12.1 Å². The maximum Gasteiger partial charge on any atom is 0.350 e. The summed E-state index contributed by atoms with van der Waals surface area (Å²) in [6, 6.07) is 12.2. The Morgan fingerprint density at radius 1 is 1.23 bits per heavy atom. The molecular weight excluding hydrogens is 282 g/mol. The molecule has 0 radical (unpaired) electrons. The summed E-state index contributed by atoms with van der Waals surface area (Å²) in [4.78, 5) is 24.0. The molecule has 112 valence electrons. The van der Waals surface area contributed by atoms with Crippen molar-refractivity contribution in [2.45, 2.75) is 13.0 Å². The Bertz CT molecular complexity index is 881. The minimum Gasteiger partial charge on any atom is -0.399 e. The van der Waals surface area contributed by atoms with E-state index in [1.54, 1.807) is 48.7 Å². The molecule has 0 fully saturated rings. The number of hydrogen-bond donors (Lipinski definition) is 2. The summed E-state index contributed by atoms with van der Waals surface area (Å²) in [5.41, 5.74) is 7.16. The number of hydrogen-bond acceptors (Lipinski definition) is 4. The number of aryl methyl sites for hydroxylation is 1. The summed E-state index contributed by atoms with van der Waals surface area (Å²) in [6.45, 7) is 0.217. The number of fused-ring (bicyclic) bond motifs is 1. The molecule has 0 spiro atoms. The summed E-state index contributed by atoms with van der Waals surface area (Å²) in [6.07, 6.45) is 1.80. The van der Waals surface area contributed by atoms with Crippen LogP contribution in [0.4, 0.5) is 11.4 Å². The predicted molar refractivity (Wildman–Crippen MR) is 83.6 cm³/mol. The Morgan fingerprint density at radius 3 is 2.86 bits per heavy atom. The normalized spacial score (nSPS) is 10.7. The van der Waals surface area contributed by atoms with Gasteiger partial charge in [0.2, 0.25) is 5.91 Å². The van der Waals surface area contributed by atoms with Gasteiger partial charge in [-0.25, -0.2) is 9.48 Å². The first kappa shape index (κ1) is 13.9. The SMILES string of the molecule is Nc1cccc(NC(=O)CCn2nc3ccccn3c2=O)c1. The van der Waals surface area contributed by atoms with Crippen LogP contribution < -0.4 is 16.7 Å². The topological polar surface area (TPSA) is 94.4 Å². The lowest BCUT2D eigenvalue weighted by molar-refractivity contribution is -0.116. The zero-order chi connectivity index (χ0) is 15.5. The van der Waals surface area contributed by atoms with E-state index in [2.05, 4.69) is 10.4 Å². The molecule has 7 nitrogen and oxygen atoms in total. The van der Waals surface area contributed by atoms with E-state index in [-0.39, 0.29) is 24.6 Å². The molecule has 0 saturated carbocycles. The lowest BCUT2D eigenvalue weighted by Gasteiger charge is -2.05. The summed E-state index contributed by atoms with van der Waals surface area (Å²) >= 11 is 0. The molecule has 0 bridgehead atoms. The van der Waals surface area contributed by atoms with Gasteiger partial charge in [0.1, 0.15) is 0 Å². The van der Waals surface area contributed by atoms with E-state index >= 15 is 0 Å². The standard InChI is InChI=1S/C15H15N5O2/c16-11-4-3-5-12(10-11)17-14(21)7-9-20-15(22)19-8-2-1-6-13(19)18-20/h1-6,8,10H,7,9,16H2,(H,17,21). The molecule has 1 amide bonds. The Morgan fingerprint density at radius 2 is 2.09 bits per heavy atom. The highest BCUT2D eigenvalue weighted by molar-refractivity contribution is 5.91. The minimum absolute atomic E-state index is 0.151. The van der Waals surface area contributed by atoms with Crippen LogP contribution in [0.5, 0.6) is 0 Å². The molecule has 1 aromatic carbocycles. The molecule has 0 aliphatic carbocycles. The number of nitrogens with two attached hydrogens (primary N) is 1. The van der Waals surface area contributed by atoms with Crippen LogP contribution in [0, 0.1) is 0 Å². The van der Waals surface area contributed by atoms with Crippen molar-refractivity contribution in [1.29, 1.82) is 0 Å². The molecule has 2 aromatic heterocycles. The van der Waals surface area contributed by atoms with Gasteiger partial charge < -0.3 is 11.1 Å². The number of nitrogen functional groups attached to an aromatic ring is 1. The minimum atomic E-state index is -0.257. The number of amides is 1. The second-order valence-corrected chi connectivity index (χ2v) is 4.86. The molecule has 0 aliphatic rings. The first-order chi connectivity index (χ1) is 10.6. The number of aromatic nitrogens is 3. The number of carbonyl (C=O) groups is 1. The van der Waals surface area contributed by atoms with Gasteiger partial charge >= 0.3 is 5.69 Å². The fourth-order valence-electron chi connectivity index (χ4n) is 2.16. The lowest BCUT2D eigenvalue weighted by Crippen LogP contribution is -2.24. The Labute approximate surface area is 126 Å². The van der Waals surface area contributed by atoms with Gasteiger partial charge in [0.15, 0.2) is 5.65 Å². The van der Waals surface area contributed by atoms with Crippen LogP contribution in [-0.2, 0) is 11.3 Å². The van der Waals surface area contributed by atoms with Gasteiger partial charge in [0.25, 0.3) is 0 Å². The van der Waals surface area contributed by atoms with Crippen molar-refractivity contribution >= 4 is 22.9 Å². The molecule has 7 heteroatoms. The van der Waals surface area contributed by atoms with Crippen LogP contribution in [-0.4, -0.2) is 20.1 Å². The maximum atomic E-state index is 12.1. The molecular formula is C15H15N5O2. The largest absolute Gasteiger partial charge is 0.399 e. The number of carbonyl (C=O) groups excluding carboxylic acids is 1. The average molecular weight is 297 g/mol. The molecule has 0 unspecified atom stereocenters. The molecule has 3 N–H and O–H groups in total.